The van der Waals surface area contributed by atoms with Crippen LogP contribution in [0.2, 0.25) is 0 Å². The van der Waals surface area contributed by atoms with Crippen molar-refractivity contribution in [2.45, 2.75) is 13.2 Å². The molecule has 0 atom stereocenters. The third-order valence-electron chi connectivity index (χ3n) is 2.31. The number of rotatable bonds is 5. The number of thiophene rings is 1. The van der Waals surface area contributed by atoms with E-state index in [2.05, 4.69) is 28.2 Å². The number of nitrogens with one attached hydrogen (secondary N) is 1. The second-order valence-electron chi connectivity index (χ2n) is 3.56. The quantitative estimate of drug-likeness (QED) is 0.857. The lowest BCUT2D eigenvalue weighted by Gasteiger charge is -2.10. The van der Waals surface area contributed by atoms with Crippen LogP contribution in [-0.4, -0.2) is 7.05 Å². The van der Waals surface area contributed by atoms with Crippen LogP contribution >= 0.6 is 11.3 Å². The van der Waals surface area contributed by atoms with E-state index in [-0.39, 0.29) is 0 Å². The van der Waals surface area contributed by atoms with Gasteiger partial charge in [-0.1, -0.05) is 18.2 Å². The Morgan fingerprint density at radius 3 is 2.88 bits per heavy atom. The topological polar surface area (TPSA) is 21.3 Å². The maximum absolute atomic E-state index is 5.80. The van der Waals surface area contributed by atoms with Crippen molar-refractivity contribution in [3.05, 3.63) is 52.2 Å². The van der Waals surface area contributed by atoms with Gasteiger partial charge >= 0.3 is 0 Å². The van der Waals surface area contributed by atoms with E-state index in [4.69, 9.17) is 4.74 Å². The smallest absolute Gasteiger partial charge is 0.124 e. The second kappa shape index (κ2) is 5.68. The standard InChI is InChI=1S/C13H15NOS/c1-14-8-12-4-2-3-5-13(12)15-9-11-6-7-16-10-11/h2-7,10,14H,8-9H2,1H3. The Morgan fingerprint density at radius 2 is 2.12 bits per heavy atom. The maximum Gasteiger partial charge on any atom is 0.124 e. The van der Waals surface area contributed by atoms with Crippen LogP contribution in [0.3, 0.4) is 0 Å². The average molecular weight is 233 g/mol. The lowest BCUT2D eigenvalue weighted by atomic mass is 10.2. The van der Waals surface area contributed by atoms with Crippen LogP contribution in [0.15, 0.2) is 41.1 Å². The minimum absolute atomic E-state index is 0.643. The molecule has 0 aliphatic heterocycles. The fourth-order valence-corrected chi connectivity index (χ4v) is 2.17. The fourth-order valence-electron chi connectivity index (χ4n) is 1.52. The average Bonchev–Trinajstić information content (AvgIpc) is 2.81. The van der Waals surface area contributed by atoms with Gasteiger partial charge in [0.25, 0.3) is 0 Å². The van der Waals surface area contributed by atoms with E-state index in [1.54, 1.807) is 11.3 Å². The van der Waals surface area contributed by atoms with Gasteiger partial charge in [-0.15, -0.1) is 0 Å². The van der Waals surface area contributed by atoms with Crippen LogP contribution < -0.4 is 10.1 Å². The van der Waals surface area contributed by atoms with E-state index in [0.29, 0.717) is 6.61 Å². The Balaban J connectivity index is 2.03. The Kier molecular flexibility index (Phi) is 3.97. The van der Waals surface area contributed by atoms with Gasteiger partial charge in [-0.25, -0.2) is 0 Å². The molecule has 1 heterocycles. The van der Waals surface area contributed by atoms with E-state index in [0.717, 1.165) is 12.3 Å². The molecule has 16 heavy (non-hydrogen) atoms. The summed E-state index contributed by atoms with van der Waals surface area (Å²) in [5.74, 6) is 0.961. The summed E-state index contributed by atoms with van der Waals surface area (Å²) in [5.41, 5.74) is 2.42. The Hall–Kier alpha value is -1.32. The molecule has 0 unspecified atom stereocenters. The molecule has 0 aliphatic rings. The maximum atomic E-state index is 5.80. The van der Waals surface area contributed by atoms with Gasteiger partial charge in [-0.3, -0.25) is 0 Å². The Morgan fingerprint density at radius 1 is 1.25 bits per heavy atom. The third kappa shape index (κ3) is 2.84. The highest BCUT2D eigenvalue weighted by molar-refractivity contribution is 7.07. The number of para-hydroxylation sites is 1. The highest BCUT2D eigenvalue weighted by atomic mass is 32.1. The molecule has 0 amide bonds. The number of benzene rings is 1. The molecule has 1 aromatic heterocycles. The predicted octanol–water partition coefficient (Wildman–Crippen LogP) is 3.05. The van der Waals surface area contributed by atoms with Crippen molar-refractivity contribution in [1.82, 2.24) is 5.32 Å². The van der Waals surface area contributed by atoms with Crippen molar-refractivity contribution in [2.24, 2.45) is 0 Å². The van der Waals surface area contributed by atoms with E-state index >= 15 is 0 Å². The van der Waals surface area contributed by atoms with Crippen LogP contribution in [0.1, 0.15) is 11.1 Å². The molecule has 0 saturated carbocycles. The van der Waals surface area contributed by atoms with Gasteiger partial charge in [0, 0.05) is 12.1 Å². The first-order valence-electron chi connectivity index (χ1n) is 5.26. The van der Waals surface area contributed by atoms with Crippen molar-refractivity contribution in [2.75, 3.05) is 7.05 Å². The summed E-state index contributed by atoms with van der Waals surface area (Å²) in [4.78, 5) is 0. The Labute approximate surface area is 99.9 Å². The van der Waals surface area contributed by atoms with E-state index in [1.165, 1.54) is 11.1 Å². The third-order valence-corrected chi connectivity index (χ3v) is 3.05. The molecule has 1 N–H and O–H groups in total. The van der Waals surface area contributed by atoms with Crippen LogP contribution in [0.4, 0.5) is 0 Å². The van der Waals surface area contributed by atoms with Crippen molar-refractivity contribution in [1.29, 1.82) is 0 Å². The summed E-state index contributed by atoms with van der Waals surface area (Å²) in [6.45, 7) is 1.48. The van der Waals surface area contributed by atoms with Crippen LogP contribution in [-0.2, 0) is 13.2 Å². The summed E-state index contributed by atoms with van der Waals surface area (Å²) in [5, 5.41) is 7.32. The summed E-state index contributed by atoms with van der Waals surface area (Å²) in [6.07, 6.45) is 0. The molecular formula is C13H15NOS. The van der Waals surface area contributed by atoms with Gasteiger partial charge in [-0.05, 0) is 35.5 Å². The second-order valence-corrected chi connectivity index (χ2v) is 4.34. The molecule has 84 valence electrons. The molecule has 0 radical (unpaired) electrons. The largest absolute Gasteiger partial charge is 0.489 e. The first-order chi connectivity index (χ1) is 7.90. The van der Waals surface area contributed by atoms with Gasteiger partial charge in [-0.2, -0.15) is 11.3 Å². The summed E-state index contributed by atoms with van der Waals surface area (Å²) in [7, 11) is 1.94. The number of hydrogen-bond donors (Lipinski definition) is 1. The summed E-state index contributed by atoms with van der Waals surface area (Å²) >= 11 is 1.70. The molecule has 1 aromatic carbocycles. The van der Waals surface area contributed by atoms with Crippen molar-refractivity contribution < 1.29 is 4.74 Å². The molecule has 2 rings (SSSR count). The monoisotopic (exact) mass is 233 g/mol. The molecule has 0 aliphatic carbocycles. The van der Waals surface area contributed by atoms with Crippen molar-refractivity contribution >= 4 is 11.3 Å². The van der Waals surface area contributed by atoms with Gasteiger partial charge in [0.2, 0.25) is 0 Å². The number of hydrogen-bond acceptors (Lipinski definition) is 3. The summed E-state index contributed by atoms with van der Waals surface area (Å²) in [6, 6.07) is 10.2. The SMILES string of the molecule is CNCc1ccccc1OCc1ccsc1. The first kappa shape index (κ1) is 11.2. The highest BCUT2D eigenvalue weighted by Gasteiger charge is 2.02. The zero-order valence-electron chi connectivity index (χ0n) is 9.27. The fraction of sp³-hybridized carbons (Fsp3) is 0.231. The summed E-state index contributed by atoms with van der Waals surface area (Å²) < 4.78 is 5.80. The molecule has 0 fully saturated rings. The minimum atomic E-state index is 0.643. The molecule has 0 saturated heterocycles. The normalized spacial score (nSPS) is 10.3. The zero-order chi connectivity index (χ0) is 11.2. The lowest BCUT2D eigenvalue weighted by Crippen LogP contribution is -2.07. The first-order valence-corrected chi connectivity index (χ1v) is 6.21. The van der Waals surface area contributed by atoms with Crippen molar-refractivity contribution in [3.8, 4) is 5.75 Å². The molecule has 2 aromatic rings. The number of ether oxygens (including phenoxy) is 1. The van der Waals surface area contributed by atoms with Gasteiger partial charge < -0.3 is 10.1 Å². The van der Waals surface area contributed by atoms with E-state index < -0.39 is 0 Å². The molecule has 3 heteroatoms. The van der Waals surface area contributed by atoms with E-state index in [1.807, 2.05) is 25.2 Å². The zero-order valence-corrected chi connectivity index (χ0v) is 10.1. The predicted molar refractivity (Wildman–Crippen MR) is 67.9 cm³/mol. The van der Waals surface area contributed by atoms with Gasteiger partial charge in [0.1, 0.15) is 12.4 Å². The van der Waals surface area contributed by atoms with Crippen LogP contribution in [0.5, 0.6) is 5.75 Å². The molecule has 0 bridgehead atoms. The lowest BCUT2D eigenvalue weighted by molar-refractivity contribution is 0.303. The Bertz CT molecular complexity index is 425. The van der Waals surface area contributed by atoms with Crippen LogP contribution in [0.25, 0.3) is 0 Å². The molecule has 2 nitrogen and oxygen atoms in total. The molecular weight excluding hydrogens is 218 g/mol. The van der Waals surface area contributed by atoms with Gasteiger partial charge in [0.05, 0.1) is 0 Å². The van der Waals surface area contributed by atoms with Crippen LogP contribution in [0, 0.1) is 0 Å². The highest BCUT2D eigenvalue weighted by Crippen LogP contribution is 2.19. The van der Waals surface area contributed by atoms with Crippen molar-refractivity contribution in [3.63, 3.8) is 0 Å². The van der Waals surface area contributed by atoms with Gasteiger partial charge in [0.15, 0.2) is 0 Å². The molecule has 0 spiro atoms. The minimum Gasteiger partial charge on any atom is -0.489 e. The van der Waals surface area contributed by atoms with E-state index in [9.17, 15) is 0 Å².